The largest absolute Gasteiger partial charge is 0.493 e. The van der Waals surface area contributed by atoms with Crippen LogP contribution in [0.4, 0.5) is 11.4 Å². The van der Waals surface area contributed by atoms with E-state index in [4.69, 9.17) is 19.5 Å². The summed E-state index contributed by atoms with van der Waals surface area (Å²) in [7, 11) is 2.84. The first kappa shape index (κ1) is 25.3. The van der Waals surface area contributed by atoms with Crippen LogP contribution >= 0.6 is 11.3 Å². The Hall–Kier alpha value is -4.36. The van der Waals surface area contributed by atoms with Gasteiger partial charge in [0.2, 0.25) is 0 Å². The minimum atomic E-state index is -0.839. The molecule has 3 aromatic rings. The van der Waals surface area contributed by atoms with Crippen molar-refractivity contribution in [2.45, 2.75) is 6.42 Å². The van der Waals surface area contributed by atoms with E-state index in [1.807, 2.05) is 6.07 Å². The summed E-state index contributed by atoms with van der Waals surface area (Å²) >= 11 is 1.25. The topological polar surface area (TPSA) is 118 Å². The average Bonchev–Trinajstić information content (AvgIpc) is 3.43. The van der Waals surface area contributed by atoms with Gasteiger partial charge in [-0.1, -0.05) is 24.3 Å². The molecule has 180 valence electrons. The van der Waals surface area contributed by atoms with Gasteiger partial charge in [0.15, 0.2) is 18.1 Å². The predicted octanol–water partition coefficient (Wildman–Crippen LogP) is 4.12. The third-order valence-corrected chi connectivity index (χ3v) is 5.75. The molecule has 1 aromatic heterocycles. The molecule has 0 aliphatic heterocycles. The lowest BCUT2D eigenvalue weighted by Gasteiger charge is -2.22. The molecule has 0 fully saturated rings. The van der Waals surface area contributed by atoms with Crippen LogP contribution in [0.3, 0.4) is 0 Å². The minimum absolute atomic E-state index is 0.0105. The number of amides is 2. The van der Waals surface area contributed by atoms with E-state index in [0.717, 1.165) is 0 Å². The number of nitrogens with one attached hydrogen (secondary N) is 1. The predicted molar refractivity (Wildman–Crippen MR) is 131 cm³/mol. The molecule has 0 unspecified atom stereocenters. The summed E-state index contributed by atoms with van der Waals surface area (Å²) < 4.78 is 15.9. The summed E-state index contributed by atoms with van der Waals surface area (Å²) in [5.74, 6) is -1.20. The van der Waals surface area contributed by atoms with Gasteiger partial charge in [0.1, 0.15) is 0 Å². The Morgan fingerprint density at radius 1 is 1.03 bits per heavy atom. The number of methoxy groups -OCH3 is 2. The van der Waals surface area contributed by atoms with Crippen molar-refractivity contribution in [2.24, 2.45) is 0 Å². The van der Waals surface area contributed by atoms with Gasteiger partial charge in [0.05, 0.1) is 42.8 Å². The number of anilines is 2. The number of benzene rings is 2. The van der Waals surface area contributed by atoms with Gasteiger partial charge < -0.3 is 24.4 Å². The van der Waals surface area contributed by atoms with Crippen LogP contribution in [0.15, 0.2) is 60.0 Å². The smallest absolute Gasteiger partial charge is 0.340 e. The molecule has 0 aliphatic rings. The number of carbonyl (C=O) groups is 3. The van der Waals surface area contributed by atoms with E-state index in [1.165, 1.54) is 42.6 Å². The van der Waals surface area contributed by atoms with Gasteiger partial charge >= 0.3 is 5.97 Å². The van der Waals surface area contributed by atoms with E-state index >= 15 is 0 Å². The molecule has 0 saturated carbocycles. The van der Waals surface area contributed by atoms with Crippen LogP contribution in [-0.2, 0) is 9.53 Å². The normalized spacial score (nSPS) is 10.1. The van der Waals surface area contributed by atoms with Gasteiger partial charge in [-0.3, -0.25) is 9.59 Å². The first-order chi connectivity index (χ1) is 17.0. The first-order valence-corrected chi connectivity index (χ1v) is 11.4. The van der Waals surface area contributed by atoms with Crippen LogP contribution in [0.5, 0.6) is 11.5 Å². The second-order valence-electron chi connectivity index (χ2n) is 7.05. The molecular formula is C25H23N3O6S. The quantitative estimate of drug-likeness (QED) is 0.422. The standard InChI is InChI=1S/C25H23N3O6S/c1-32-20-14-18(19(15-21(20)33-2)27-24(30)22-10-6-13-35-22)25(31)34-16-23(29)28(12-7-11-26)17-8-4-3-5-9-17/h3-6,8-10,13-15H,7,12,16H2,1-2H3,(H,27,30). The van der Waals surface area contributed by atoms with Crippen LogP contribution in [0.25, 0.3) is 0 Å². The highest BCUT2D eigenvalue weighted by Crippen LogP contribution is 2.34. The number of rotatable bonds is 10. The van der Waals surface area contributed by atoms with Crippen LogP contribution in [0, 0.1) is 11.3 Å². The lowest BCUT2D eigenvalue weighted by Crippen LogP contribution is -2.35. The third-order valence-electron chi connectivity index (χ3n) is 4.88. The third kappa shape index (κ3) is 6.37. The van der Waals surface area contributed by atoms with E-state index in [-0.39, 0.29) is 30.0 Å². The maximum atomic E-state index is 13.0. The van der Waals surface area contributed by atoms with Crippen LogP contribution < -0.4 is 19.7 Å². The van der Waals surface area contributed by atoms with E-state index in [9.17, 15) is 14.4 Å². The first-order valence-electron chi connectivity index (χ1n) is 10.5. The van der Waals surface area contributed by atoms with Gasteiger partial charge in [-0.05, 0) is 23.6 Å². The number of hydrogen-bond acceptors (Lipinski definition) is 8. The molecular weight excluding hydrogens is 470 g/mol. The maximum absolute atomic E-state index is 13.0. The Kier molecular flexibility index (Phi) is 8.81. The summed E-state index contributed by atoms with van der Waals surface area (Å²) in [5.41, 5.74) is 0.713. The van der Waals surface area contributed by atoms with Crippen molar-refractivity contribution in [1.82, 2.24) is 0 Å². The number of thiophene rings is 1. The number of ether oxygens (including phenoxy) is 3. The molecule has 0 aliphatic carbocycles. The summed E-state index contributed by atoms with van der Waals surface area (Å²) in [5, 5.41) is 13.4. The average molecular weight is 494 g/mol. The van der Waals surface area contributed by atoms with Gasteiger partial charge in [-0.2, -0.15) is 5.26 Å². The van der Waals surface area contributed by atoms with Crippen molar-refractivity contribution >= 4 is 40.5 Å². The molecule has 0 radical (unpaired) electrons. The Morgan fingerprint density at radius 3 is 2.37 bits per heavy atom. The molecule has 1 heterocycles. The fraction of sp³-hybridized carbons (Fsp3) is 0.200. The highest BCUT2D eigenvalue weighted by atomic mass is 32.1. The molecule has 0 saturated heterocycles. The van der Waals surface area contributed by atoms with Crippen LogP contribution in [0.2, 0.25) is 0 Å². The molecule has 0 spiro atoms. The van der Waals surface area contributed by atoms with Crippen molar-refractivity contribution in [3.63, 3.8) is 0 Å². The Morgan fingerprint density at radius 2 is 1.74 bits per heavy atom. The zero-order valence-electron chi connectivity index (χ0n) is 19.1. The fourth-order valence-electron chi connectivity index (χ4n) is 3.19. The van der Waals surface area contributed by atoms with Gasteiger partial charge in [-0.25, -0.2) is 4.79 Å². The second-order valence-corrected chi connectivity index (χ2v) is 8.00. The number of hydrogen-bond donors (Lipinski definition) is 1. The zero-order valence-corrected chi connectivity index (χ0v) is 20.0. The van der Waals surface area contributed by atoms with Gasteiger partial charge in [-0.15, -0.1) is 11.3 Å². The molecule has 3 rings (SSSR count). The fourth-order valence-corrected chi connectivity index (χ4v) is 3.81. The molecule has 2 aromatic carbocycles. The number of nitriles is 1. The Bertz CT molecular complexity index is 1220. The summed E-state index contributed by atoms with van der Waals surface area (Å²) in [4.78, 5) is 40.3. The number of nitrogens with zero attached hydrogens (tertiary/aromatic N) is 2. The molecule has 2 amide bonds. The molecule has 1 N–H and O–H groups in total. The van der Waals surface area contributed by atoms with E-state index in [2.05, 4.69) is 5.32 Å². The van der Waals surface area contributed by atoms with Crippen molar-refractivity contribution in [3.8, 4) is 17.6 Å². The SMILES string of the molecule is COc1cc(NC(=O)c2cccs2)c(C(=O)OCC(=O)N(CCC#N)c2ccccc2)cc1OC. The lowest BCUT2D eigenvalue weighted by molar-refractivity contribution is -0.121. The van der Waals surface area contributed by atoms with Crippen molar-refractivity contribution < 1.29 is 28.6 Å². The molecule has 10 heteroatoms. The zero-order chi connectivity index (χ0) is 25.2. The Labute approximate surface area is 206 Å². The van der Waals surface area contributed by atoms with Crippen molar-refractivity contribution in [1.29, 1.82) is 5.26 Å². The van der Waals surface area contributed by atoms with Crippen LogP contribution in [-0.4, -0.2) is 45.2 Å². The van der Waals surface area contributed by atoms with E-state index in [0.29, 0.717) is 16.3 Å². The van der Waals surface area contributed by atoms with Crippen molar-refractivity contribution in [3.05, 3.63) is 70.4 Å². The van der Waals surface area contributed by atoms with Gasteiger partial charge in [0.25, 0.3) is 11.8 Å². The van der Waals surface area contributed by atoms with Gasteiger partial charge in [0, 0.05) is 24.4 Å². The lowest BCUT2D eigenvalue weighted by atomic mass is 10.1. The molecule has 0 bridgehead atoms. The number of para-hydroxylation sites is 1. The maximum Gasteiger partial charge on any atom is 0.340 e. The summed E-state index contributed by atoms with van der Waals surface area (Å²) in [6.07, 6.45) is 0.114. The highest BCUT2D eigenvalue weighted by Gasteiger charge is 2.23. The number of carbonyl (C=O) groups excluding carboxylic acids is 3. The summed E-state index contributed by atoms with van der Waals surface area (Å²) in [6, 6.07) is 17.0. The second kappa shape index (κ2) is 12.2. The molecule has 9 nitrogen and oxygen atoms in total. The van der Waals surface area contributed by atoms with E-state index < -0.39 is 24.4 Å². The molecule has 0 atom stereocenters. The Balaban J connectivity index is 1.82. The highest BCUT2D eigenvalue weighted by molar-refractivity contribution is 7.12. The number of esters is 1. The van der Waals surface area contributed by atoms with Crippen LogP contribution in [0.1, 0.15) is 26.5 Å². The molecule has 35 heavy (non-hydrogen) atoms. The van der Waals surface area contributed by atoms with Crippen molar-refractivity contribution in [2.75, 3.05) is 37.6 Å². The van der Waals surface area contributed by atoms with E-state index in [1.54, 1.807) is 47.8 Å². The monoisotopic (exact) mass is 493 g/mol. The minimum Gasteiger partial charge on any atom is -0.493 e. The summed E-state index contributed by atoms with van der Waals surface area (Å²) in [6.45, 7) is -0.415.